The van der Waals surface area contributed by atoms with E-state index in [2.05, 4.69) is 15.3 Å². The van der Waals surface area contributed by atoms with E-state index in [9.17, 15) is 0 Å². The summed E-state index contributed by atoms with van der Waals surface area (Å²) in [7, 11) is 0. The van der Waals surface area contributed by atoms with Crippen molar-refractivity contribution in [3.05, 3.63) is 42.5 Å². The molecule has 1 aromatic carbocycles. The zero-order valence-electron chi connectivity index (χ0n) is 8.82. The molecular weight excluding hydrogens is 238 g/mol. The van der Waals surface area contributed by atoms with Crippen LogP contribution in [0.4, 0.5) is 5.95 Å². The summed E-state index contributed by atoms with van der Waals surface area (Å²) in [5.74, 6) is 0.299. The van der Waals surface area contributed by atoms with Gasteiger partial charge in [-0.2, -0.15) is 9.61 Å². The maximum atomic E-state index is 5.65. The van der Waals surface area contributed by atoms with Crippen molar-refractivity contribution < 1.29 is 0 Å². The molecule has 17 heavy (non-hydrogen) atoms. The van der Waals surface area contributed by atoms with Gasteiger partial charge in [0, 0.05) is 5.56 Å². The summed E-state index contributed by atoms with van der Waals surface area (Å²) in [5, 5.41) is 12.0. The number of fused-ring (bicyclic) bond motifs is 1. The van der Waals surface area contributed by atoms with Crippen molar-refractivity contribution >= 4 is 24.0 Å². The van der Waals surface area contributed by atoms with Crippen LogP contribution in [0.25, 0.3) is 16.9 Å². The van der Waals surface area contributed by atoms with Gasteiger partial charge in [-0.3, -0.25) is 0 Å². The van der Waals surface area contributed by atoms with Gasteiger partial charge in [0.15, 0.2) is 5.65 Å². The highest BCUT2D eigenvalue weighted by atomic mass is 35.5. The van der Waals surface area contributed by atoms with Crippen LogP contribution in [0, 0.1) is 0 Å². The van der Waals surface area contributed by atoms with Crippen molar-refractivity contribution in [2.24, 2.45) is 0 Å². The van der Waals surface area contributed by atoms with Crippen molar-refractivity contribution in [2.75, 3.05) is 5.73 Å². The molecule has 2 N–H and O–H groups in total. The number of nitrogen functional groups attached to an aromatic ring is 1. The summed E-state index contributed by atoms with van der Waals surface area (Å²) in [5.41, 5.74) is 8.19. The standard InChI is InChI=1S/C11H9N5.ClH/c12-11-14-13-10-7-6-9(15-16(10)11)8-4-2-1-3-5-8;/h1-7H,(H2,12,14);1H. The topological polar surface area (TPSA) is 69.1 Å². The van der Waals surface area contributed by atoms with Gasteiger partial charge in [0.25, 0.3) is 0 Å². The van der Waals surface area contributed by atoms with E-state index >= 15 is 0 Å². The summed E-state index contributed by atoms with van der Waals surface area (Å²) in [6, 6.07) is 13.6. The Balaban J connectivity index is 0.00000108. The van der Waals surface area contributed by atoms with Gasteiger partial charge in [0.05, 0.1) is 5.69 Å². The molecule has 0 aliphatic carbocycles. The fourth-order valence-electron chi connectivity index (χ4n) is 1.57. The molecule has 86 valence electrons. The highest BCUT2D eigenvalue weighted by molar-refractivity contribution is 5.85. The molecule has 3 rings (SSSR count). The van der Waals surface area contributed by atoms with Crippen LogP contribution in [0.15, 0.2) is 42.5 Å². The van der Waals surface area contributed by atoms with E-state index in [0.717, 1.165) is 11.3 Å². The largest absolute Gasteiger partial charge is 0.366 e. The highest BCUT2D eigenvalue weighted by Gasteiger charge is 2.04. The normalized spacial score (nSPS) is 10.1. The fraction of sp³-hybridized carbons (Fsp3) is 0. The fourth-order valence-corrected chi connectivity index (χ4v) is 1.57. The molecule has 0 atom stereocenters. The van der Waals surface area contributed by atoms with Crippen molar-refractivity contribution in [3.63, 3.8) is 0 Å². The van der Waals surface area contributed by atoms with E-state index < -0.39 is 0 Å². The second kappa shape index (κ2) is 4.39. The molecule has 0 fully saturated rings. The highest BCUT2D eigenvalue weighted by Crippen LogP contribution is 2.16. The Labute approximate surface area is 104 Å². The summed E-state index contributed by atoms with van der Waals surface area (Å²) >= 11 is 0. The molecule has 0 saturated carbocycles. The van der Waals surface area contributed by atoms with Crippen LogP contribution in [0.5, 0.6) is 0 Å². The van der Waals surface area contributed by atoms with Crippen molar-refractivity contribution in [3.8, 4) is 11.3 Å². The number of benzene rings is 1. The minimum absolute atomic E-state index is 0. The molecule has 0 amide bonds. The Morgan fingerprint density at radius 3 is 2.47 bits per heavy atom. The average Bonchev–Trinajstić information content (AvgIpc) is 2.72. The van der Waals surface area contributed by atoms with Gasteiger partial charge in [-0.15, -0.1) is 22.6 Å². The van der Waals surface area contributed by atoms with Crippen molar-refractivity contribution in [1.82, 2.24) is 19.8 Å². The molecule has 0 radical (unpaired) electrons. The van der Waals surface area contributed by atoms with Crippen LogP contribution in [0.1, 0.15) is 0 Å². The third kappa shape index (κ3) is 1.92. The molecule has 3 aromatic rings. The van der Waals surface area contributed by atoms with Crippen molar-refractivity contribution in [1.29, 1.82) is 0 Å². The second-order valence-electron chi connectivity index (χ2n) is 3.41. The number of rotatable bonds is 1. The van der Waals surface area contributed by atoms with Crippen LogP contribution in [0.2, 0.25) is 0 Å². The van der Waals surface area contributed by atoms with Gasteiger partial charge >= 0.3 is 0 Å². The molecule has 0 aliphatic heterocycles. The molecule has 6 heteroatoms. The third-order valence-corrected chi connectivity index (χ3v) is 2.36. The lowest BCUT2D eigenvalue weighted by Gasteiger charge is -2.00. The first-order valence-electron chi connectivity index (χ1n) is 4.88. The number of aromatic nitrogens is 4. The van der Waals surface area contributed by atoms with Crippen LogP contribution in [-0.2, 0) is 0 Å². The van der Waals surface area contributed by atoms with Gasteiger partial charge in [-0.1, -0.05) is 30.3 Å². The van der Waals surface area contributed by atoms with Gasteiger partial charge < -0.3 is 5.73 Å². The smallest absolute Gasteiger partial charge is 0.243 e. The summed E-state index contributed by atoms with van der Waals surface area (Å²) < 4.78 is 1.53. The van der Waals surface area contributed by atoms with E-state index in [-0.39, 0.29) is 12.4 Å². The Hall–Kier alpha value is -2.14. The molecule has 0 unspecified atom stereocenters. The van der Waals surface area contributed by atoms with Gasteiger partial charge in [-0.05, 0) is 12.1 Å². The molecule has 0 aliphatic rings. The number of nitrogens with two attached hydrogens (primary N) is 1. The maximum absolute atomic E-state index is 5.65. The quantitative estimate of drug-likeness (QED) is 0.712. The lowest BCUT2D eigenvalue weighted by Crippen LogP contribution is -1.99. The summed E-state index contributed by atoms with van der Waals surface area (Å²) in [6.45, 7) is 0. The Morgan fingerprint density at radius 2 is 1.71 bits per heavy atom. The first kappa shape index (κ1) is 11.3. The monoisotopic (exact) mass is 247 g/mol. The zero-order valence-corrected chi connectivity index (χ0v) is 9.63. The van der Waals surface area contributed by atoms with Crippen LogP contribution >= 0.6 is 12.4 Å². The number of hydrogen-bond acceptors (Lipinski definition) is 4. The molecule has 0 saturated heterocycles. The minimum Gasteiger partial charge on any atom is -0.366 e. The molecule has 2 aromatic heterocycles. The second-order valence-corrected chi connectivity index (χ2v) is 3.41. The number of halogens is 1. The molecule has 0 spiro atoms. The van der Waals surface area contributed by atoms with Crippen LogP contribution in [0.3, 0.4) is 0 Å². The Morgan fingerprint density at radius 1 is 0.941 bits per heavy atom. The number of nitrogens with zero attached hydrogens (tertiary/aromatic N) is 4. The van der Waals surface area contributed by atoms with Gasteiger partial charge in [-0.25, -0.2) is 0 Å². The van der Waals surface area contributed by atoms with E-state index in [1.54, 1.807) is 0 Å². The first-order valence-corrected chi connectivity index (χ1v) is 4.88. The van der Waals surface area contributed by atoms with E-state index in [1.165, 1.54) is 4.52 Å². The molecule has 5 nitrogen and oxygen atoms in total. The molecule has 2 heterocycles. The van der Waals surface area contributed by atoms with Crippen molar-refractivity contribution in [2.45, 2.75) is 0 Å². The Bertz CT molecular complexity index is 635. The first-order chi connectivity index (χ1) is 7.84. The third-order valence-electron chi connectivity index (χ3n) is 2.36. The number of anilines is 1. The van der Waals surface area contributed by atoms with E-state index in [0.29, 0.717) is 11.6 Å². The van der Waals surface area contributed by atoms with Crippen LogP contribution in [-0.4, -0.2) is 19.8 Å². The maximum Gasteiger partial charge on any atom is 0.243 e. The SMILES string of the molecule is Cl.Nc1nnc2ccc(-c3ccccc3)nn12. The predicted octanol–water partition coefficient (Wildman–Crippen LogP) is 1.80. The predicted molar refractivity (Wildman–Crippen MR) is 67.9 cm³/mol. The summed E-state index contributed by atoms with van der Waals surface area (Å²) in [4.78, 5) is 0. The number of hydrogen-bond donors (Lipinski definition) is 1. The molecule has 0 bridgehead atoms. The molecular formula is C11H10ClN5. The average molecular weight is 248 g/mol. The van der Waals surface area contributed by atoms with E-state index in [4.69, 9.17) is 5.73 Å². The van der Waals surface area contributed by atoms with Gasteiger partial charge in [0.1, 0.15) is 0 Å². The summed E-state index contributed by atoms with van der Waals surface area (Å²) in [6.07, 6.45) is 0. The Kier molecular flexibility index (Phi) is 2.93. The lowest BCUT2D eigenvalue weighted by atomic mass is 10.1. The minimum atomic E-state index is 0. The van der Waals surface area contributed by atoms with Crippen LogP contribution < -0.4 is 5.73 Å². The zero-order chi connectivity index (χ0) is 11.0. The lowest BCUT2D eigenvalue weighted by molar-refractivity contribution is 0.946. The van der Waals surface area contributed by atoms with Gasteiger partial charge in [0.2, 0.25) is 5.95 Å². The van der Waals surface area contributed by atoms with E-state index in [1.807, 2.05) is 42.5 Å².